The topological polar surface area (TPSA) is 101 Å². The van der Waals surface area contributed by atoms with Crippen LogP contribution in [0.25, 0.3) is 0 Å². The minimum absolute atomic E-state index is 0.0767. The van der Waals surface area contributed by atoms with Crippen LogP contribution in [0.1, 0.15) is 27.0 Å². The van der Waals surface area contributed by atoms with Crippen molar-refractivity contribution in [2.24, 2.45) is 10.9 Å². The number of nitrogens with one attached hydrogen (secondary N) is 1. The van der Waals surface area contributed by atoms with Gasteiger partial charge in [-0.15, -0.1) is 0 Å². The normalized spacial score (nSPS) is 21.2. The minimum Gasteiger partial charge on any atom is -0.369 e. The summed E-state index contributed by atoms with van der Waals surface area (Å²) >= 11 is 6.29. The summed E-state index contributed by atoms with van der Waals surface area (Å²) in [5.74, 6) is -1.42. The summed E-state index contributed by atoms with van der Waals surface area (Å²) in [7, 11) is 3.18. The maximum atomic E-state index is 13.7. The van der Waals surface area contributed by atoms with E-state index in [1.54, 1.807) is 50.5 Å². The third-order valence-corrected chi connectivity index (χ3v) is 11.4. The summed E-state index contributed by atoms with van der Waals surface area (Å²) in [6, 6.07) is 39.4. The van der Waals surface area contributed by atoms with Crippen molar-refractivity contribution in [1.29, 1.82) is 0 Å². The lowest BCUT2D eigenvalue weighted by Crippen LogP contribution is -2.60. The first-order valence-electron chi connectivity index (χ1n) is 16.0. The number of rotatable bonds is 10. The van der Waals surface area contributed by atoms with E-state index in [2.05, 4.69) is 51.6 Å². The van der Waals surface area contributed by atoms with Crippen LogP contribution in [0.15, 0.2) is 138 Å². The lowest BCUT2D eigenvalue weighted by molar-refractivity contribution is -0.145. The van der Waals surface area contributed by atoms with Gasteiger partial charge in [-0.05, 0) is 60.2 Å². The molecule has 11 heteroatoms. The van der Waals surface area contributed by atoms with E-state index in [1.165, 1.54) is 4.67 Å². The molecule has 252 valence electrons. The quantitative estimate of drug-likeness (QED) is 0.149. The fourth-order valence-electron chi connectivity index (χ4n) is 6.45. The first-order chi connectivity index (χ1) is 23.7. The molecule has 2 aliphatic rings. The van der Waals surface area contributed by atoms with Crippen LogP contribution in [0.3, 0.4) is 0 Å². The highest BCUT2D eigenvalue weighted by atomic mass is 35.7. The first kappa shape index (κ1) is 34.6. The minimum atomic E-state index is -3.61. The molecule has 2 unspecified atom stereocenters. The summed E-state index contributed by atoms with van der Waals surface area (Å²) in [5, 5.41) is 2.72. The molecule has 9 nitrogen and oxygen atoms in total. The number of ether oxygens (including phenoxy) is 1. The van der Waals surface area contributed by atoms with Crippen molar-refractivity contribution < 1.29 is 23.4 Å². The van der Waals surface area contributed by atoms with Gasteiger partial charge in [-0.2, -0.15) is 4.99 Å². The van der Waals surface area contributed by atoms with Crippen LogP contribution in [0.4, 0.5) is 0 Å². The monoisotopic (exact) mass is 696 g/mol. The summed E-state index contributed by atoms with van der Waals surface area (Å²) in [4.78, 5) is 33.1. The van der Waals surface area contributed by atoms with Crippen molar-refractivity contribution in [2.45, 2.75) is 17.7 Å². The standard InChI is InChI=1S/C38H38ClN4O5P/c1-42(2)49(39,46)47-27-32-25-43(26-34(48-32)33-23-24-35(41-37(33)45)40-36(44)28-15-7-3-8-16-28)38(29-17-9-4-10-18-29,30-19-11-5-12-20-30)31-21-13-6-14-22-31/h3-24,32-34H,25-27H2,1-2H3,(H,40,41,44,45)/t32-,33?,34+,49?/m0/s1. The number of benzene rings is 4. The molecule has 2 aliphatic heterocycles. The molecule has 4 atom stereocenters. The number of hydrogen-bond acceptors (Lipinski definition) is 6. The average molecular weight is 697 g/mol. The molecule has 6 rings (SSSR count). The molecule has 1 saturated heterocycles. The van der Waals surface area contributed by atoms with Gasteiger partial charge >= 0.3 is 6.87 Å². The largest absolute Gasteiger partial charge is 0.369 e. The van der Waals surface area contributed by atoms with Crippen LogP contribution in [0, 0.1) is 5.92 Å². The Kier molecular flexibility index (Phi) is 10.7. The highest BCUT2D eigenvalue weighted by Crippen LogP contribution is 2.54. The number of carbonyl (C=O) groups excluding carboxylic acids is 2. The van der Waals surface area contributed by atoms with Gasteiger partial charge in [-0.1, -0.05) is 115 Å². The zero-order valence-electron chi connectivity index (χ0n) is 27.3. The molecule has 0 aliphatic carbocycles. The van der Waals surface area contributed by atoms with Crippen LogP contribution in [-0.2, 0) is 24.2 Å². The Hall–Kier alpha value is -4.21. The van der Waals surface area contributed by atoms with Gasteiger partial charge in [0.25, 0.3) is 11.8 Å². The molecule has 0 bridgehead atoms. The lowest BCUT2D eigenvalue weighted by atomic mass is 9.74. The molecule has 2 amide bonds. The molecular weight excluding hydrogens is 659 g/mol. The summed E-state index contributed by atoms with van der Waals surface area (Å²) in [6.07, 6.45) is 2.07. The van der Waals surface area contributed by atoms with Crippen LogP contribution in [0.5, 0.6) is 0 Å². The Balaban J connectivity index is 1.39. The SMILES string of the molecule is CN(C)P(=O)(Cl)OC[C@@H]1CN(C(c2ccccc2)(c2ccccc2)c2ccccc2)C[C@H](C2C=CC(NC(=O)c3ccccc3)=NC2=O)O1. The van der Waals surface area contributed by atoms with Crippen molar-refractivity contribution in [3.05, 3.63) is 156 Å². The van der Waals surface area contributed by atoms with Gasteiger partial charge in [0, 0.05) is 18.7 Å². The fourth-order valence-corrected chi connectivity index (χ4v) is 7.20. The van der Waals surface area contributed by atoms with E-state index in [1.807, 2.05) is 60.7 Å². The van der Waals surface area contributed by atoms with Crippen molar-refractivity contribution in [2.75, 3.05) is 33.8 Å². The molecule has 0 saturated carbocycles. The first-order valence-corrected chi connectivity index (χ1v) is 18.5. The molecule has 4 aromatic rings. The van der Waals surface area contributed by atoms with Crippen LogP contribution in [0.2, 0.25) is 0 Å². The van der Waals surface area contributed by atoms with E-state index >= 15 is 0 Å². The zero-order valence-corrected chi connectivity index (χ0v) is 28.9. The maximum Gasteiger partial charge on any atom is 0.362 e. The smallest absolute Gasteiger partial charge is 0.362 e. The molecule has 1 fully saturated rings. The van der Waals surface area contributed by atoms with Gasteiger partial charge in [0.1, 0.15) is 5.84 Å². The van der Waals surface area contributed by atoms with E-state index in [0.29, 0.717) is 18.7 Å². The predicted octanol–water partition coefficient (Wildman–Crippen LogP) is 6.51. The number of dihydropyridines is 1. The molecule has 49 heavy (non-hydrogen) atoms. The second kappa shape index (κ2) is 15.1. The molecule has 2 heterocycles. The number of morpholine rings is 1. The Labute approximate surface area is 291 Å². The fraction of sp³-hybridized carbons (Fsp3) is 0.237. The highest BCUT2D eigenvalue weighted by Gasteiger charge is 2.48. The van der Waals surface area contributed by atoms with Gasteiger partial charge in [0.05, 0.1) is 30.3 Å². The molecular formula is C38H38ClN4O5P. The Morgan fingerprint density at radius 3 is 1.90 bits per heavy atom. The molecule has 0 aromatic heterocycles. The molecule has 4 aromatic carbocycles. The number of nitrogens with zero attached hydrogens (tertiary/aromatic N) is 3. The number of amides is 2. The Bertz CT molecular complexity index is 1760. The predicted molar refractivity (Wildman–Crippen MR) is 192 cm³/mol. The maximum absolute atomic E-state index is 13.7. The van der Waals surface area contributed by atoms with E-state index in [-0.39, 0.29) is 18.3 Å². The number of halogens is 1. The summed E-state index contributed by atoms with van der Waals surface area (Å²) in [5.41, 5.74) is 2.72. The number of aliphatic imine (C=N–C) groups is 1. The average Bonchev–Trinajstić information content (AvgIpc) is 3.13. The van der Waals surface area contributed by atoms with Crippen LogP contribution < -0.4 is 5.32 Å². The summed E-state index contributed by atoms with van der Waals surface area (Å²) < 4.78 is 26.8. The Morgan fingerprint density at radius 1 is 0.898 bits per heavy atom. The van der Waals surface area contributed by atoms with E-state index in [0.717, 1.165) is 16.7 Å². The highest BCUT2D eigenvalue weighted by molar-refractivity contribution is 7.83. The van der Waals surface area contributed by atoms with Crippen molar-refractivity contribution >= 4 is 35.8 Å². The van der Waals surface area contributed by atoms with Gasteiger partial charge in [-0.3, -0.25) is 19.1 Å². The second-order valence-electron chi connectivity index (χ2n) is 12.1. The molecule has 1 N–H and O–H groups in total. The van der Waals surface area contributed by atoms with Crippen molar-refractivity contribution in [3.8, 4) is 0 Å². The number of carbonyl (C=O) groups is 2. The van der Waals surface area contributed by atoms with E-state index in [9.17, 15) is 14.2 Å². The number of hydrogen-bond donors (Lipinski definition) is 1. The third kappa shape index (κ3) is 7.53. The van der Waals surface area contributed by atoms with E-state index in [4.69, 9.17) is 20.5 Å². The molecule has 0 radical (unpaired) electrons. The van der Waals surface area contributed by atoms with Gasteiger partial charge in [0.15, 0.2) is 0 Å². The lowest BCUT2D eigenvalue weighted by Gasteiger charge is -2.51. The number of amidine groups is 1. The second-order valence-corrected chi connectivity index (χ2v) is 15.4. The molecule has 0 spiro atoms. The van der Waals surface area contributed by atoms with E-state index < -0.39 is 36.4 Å². The summed E-state index contributed by atoms with van der Waals surface area (Å²) in [6.45, 7) is -2.99. The van der Waals surface area contributed by atoms with Crippen molar-refractivity contribution in [1.82, 2.24) is 14.9 Å². The zero-order chi connectivity index (χ0) is 34.4. The van der Waals surface area contributed by atoms with Gasteiger partial charge < -0.3 is 14.6 Å². The Morgan fingerprint density at radius 2 is 1.41 bits per heavy atom. The van der Waals surface area contributed by atoms with Crippen molar-refractivity contribution in [3.63, 3.8) is 0 Å². The third-order valence-electron chi connectivity index (χ3n) is 8.79. The van der Waals surface area contributed by atoms with Crippen LogP contribution in [-0.4, -0.2) is 73.2 Å². The van der Waals surface area contributed by atoms with Crippen LogP contribution >= 0.6 is 18.1 Å². The van der Waals surface area contributed by atoms with Gasteiger partial charge in [-0.25, -0.2) is 4.67 Å². The van der Waals surface area contributed by atoms with Gasteiger partial charge in [0.2, 0.25) is 0 Å².